The molecule has 4 nitrogen and oxygen atoms in total. The van der Waals surface area contributed by atoms with E-state index >= 15 is 0 Å². The molecule has 1 N–H and O–H groups in total. The van der Waals surface area contributed by atoms with Gasteiger partial charge in [0.05, 0.1) is 6.54 Å². The van der Waals surface area contributed by atoms with Crippen LogP contribution in [0.1, 0.15) is 47.0 Å². The van der Waals surface area contributed by atoms with Crippen LogP contribution in [0.25, 0.3) is 0 Å². The minimum absolute atomic E-state index is 0.153. The molecule has 1 saturated heterocycles. The largest absolute Gasteiger partial charge is 0.459 e. The van der Waals surface area contributed by atoms with Crippen molar-refractivity contribution in [1.82, 2.24) is 10.2 Å². The predicted octanol–water partition coefficient (Wildman–Crippen LogP) is 1.54. The van der Waals surface area contributed by atoms with E-state index in [-0.39, 0.29) is 11.6 Å². The standard InChI is InChI=1S/C14H26N2O2/c1-10-7-11(9-16(10)12-5-6-12)15-8-13(17)18-14(2,3)4/h10-12,15H,5-9H2,1-4H3. The van der Waals surface area contributed by atoms with Crippen molar-refractivity contribution in [1.29, 1.82) is 0 Å². The van der Waals surface area contributed by atoms with Gasteiger partial charge in [0, 0.05) is 24.7 Å². The molecule has 2 unspecified atom stereocenters. The highest BCUT2D eigenvalue weighted by Gasteiger charge is 2.38. The van der Waals surface area contributed by atoms with Gasteiger partial charge < -0.3 is 10.1 Å². The molecule has 0 aromatic rings. The van der Waals surface area contributed by atoms with Gasteiger partial charge in [0.1, 0.15) is 5.60 Å². The highest BCUT2D eigenvalue weighted by Crippen LogP contribution is 2.33. The Morgan fingerprint density at radius 3 is 2.61 bits per heavy atom. The summed E-state index contributed by atoms with van der Waals surface area (Å²) in [5.74, 6) is -0.153. The summed E-state index contributed by atoms with van der Waals surface area (Å²) in [6.45, 7) is 9.39. The molecule has 1 saturated carbocycles. The van der Waals surface area contributed by atoms with Gasteiger partial charge in [-0.05, 0) is 47.0 Å². The topological polar surface area (TPSA) is 41.6 Å². The number of hydrogen-bond acceptors (Lipinski definition) is 4. The van der Waals surface area contributed by atoms with Crippen molar-refractivity contribution in [2.75, 3.05) is 13.1 Å². The lowest BCUT2D eigenvalue weighted by molar-refractivity contribution is -0.153. The zero-order valence-corrected chi connectivity index (χ0v) is 12.0. The number of nitrogens with one attached hydrogen (secondary N) is 1. The zero-order chi connectivity index (χ0) is 13.3. The van der Waals surface area contributed by atoms with Gasteiger partial charge in [-0.2, -0.15) is 0 Å². The number of carbonyl (C=O) groups excluding carboxylic acids is 1. The number of hydrogen-bond donors (Lipinski definition) is 1. The van der Waals surface area contributed by atoms with Crippen molar-refractivity contribution >= 4 is 5.97 Å². The smallest absolute Gasteiger partial charge is 0.320 e. The first-order valence-electron chi connectivity index (χ1n) is 7.06. The number of nitrogens with zero attached hydrogens (tertiary/aromatic N) is 1. The first-order chi connectivity index (χ1) is 8.35. The normalized spacial score (nSPS) is 29.6. The molecule has 0 bridgehead atoms. The first kappa shape index (κ1) is 13.8. The lowest BCUT2D eigenvalue weighted by atomic mass is 10.2. The fourth-order valence-corrected chi connectivity index (χ4v) is 2.72. The SMILES string of the molecule is CC1CC(NCC(=O)OC(C)(C)C)CN1C1CC1. The molecule has 2 atom stereocenters. The maximum atomic E-state index is 11.6. The second kappa shape index (κ2) is 5.17. The lowest BCUT2D eigenvalue weighted by Crippen LogP contribution is -2.39. The van der Waals surface area contributed by atoms with E-state index in [1.54, 1.807) is 0 Å². The maximum Gasteiger partial charge on any atom is 0.320 e. The zero-order valence-electron chi connectivity index (χ0n) is 12.0. The Hall–Kier alpha value is -0.610. The second-order valence-electron chi connectivity index (χ2n) is 6.68. The van der Waals surface area contributed by atoms with E-state index in [4.69, 9.17) is 4.74 Å². The van der Waals surface area contributed by atoms with Gasteiger partial charge in [-0.1, -0.05) is 0 Å². The predicted molar refractivity (Wildman–Crippen MR) is 71.4 cm³/mol. The average molecular weight is 254 g/mol. The van der Waals surface area contributed by atoms with Crippen LogP contribution in [0.4, 0.5) is 0 Å². The van der Waals surface area contributed by atoms with Crippen molar-refractivity contribution in [3.8, 4) is 0 Å². The number of esters is 1. The number of carbonyl (C=O) groups is 1. The number of likely N-dealkylation sites (tertiary alicyclic amines) is 1. The first-order valence-corrected chi connectivity index (χ1v) is 7.06. The quantitative estimate of drug-likeness (QED) is 0.773. The Morgan fingerprint density at radius 2 is 2.06 bits per heavy atom. The Bertz CT molecular complexity index is 307. The molecule has 18 heavy (non-hydrogen) atoms. The van der Waals surface area contributed by atoms with E-state index in [0.717, 1.165) is 19.0 Å². The van der Waals surface area contributed by atoms with Gasteiger partial charge in [0.2, 0.25) is 0 Å². The molecule has 4 heteroatoms. The summed E-state index contributed by atoms with van der Waals surface area (Å²) in [7, 11) is 0. The summed E-state index contributed by atoms with van der Waals surface area (Å²) >= 11 is 0. The van der Waals surface area contributed by atoms with E-state index in [1.807, 2.05) is 20.8 Å². The molecule has 104 valence electrons. The van der Waals surface area contributed by atoms with Crippen LogP contribution in [0.5, 0.6) is 0 Å². The second-order valence-corrected chi connectivity index (χ2v) is 6.68. The molecular weight excluding hydrogens is 228 g/mol. The molecule has 2 rings (SSSR count). The van der Waals surface area contributed by atoms with Gasteiger partial charge in [-0.15, -0.1) is 0 Å². The molecule has 1 aliphatic heterocycles. The van der Waals surface area contributed by atoms with Crippen LogP contribution in [0, 0.1) is 0 Å². The van der Waals surface area contributed by atoms with Crippen LogP contribution in [-0.4, -0.2) is 47.7 Å². The van der Waals surface area contributed by atoms with Gasteiger partial charge >= 0.3 is 5.97 Å². The van der Waals surface area contributed by atoms with Crippen molar-refractivity contribution in [3.63, 3.8) is 0 Å². The third-order valence-electron chi connectivity index (χ3n) is 3.59. The highest BCUT2D eigenvalue weighted by molar-refractivity contribution is 5.72. The molecule has 0 spiro atoms. The van der Waals surface area contributed by atoms with Crippen molar-refractivity contribution < 1.29 is 9.53 Å². The minimum Gasteiger partial charge on any atom is -0.459 e. The molecule has 0 radical (unpaired) electrons. The molecule has 0 amide bonds. The van der Waals surface area contributed by atoms with E-state index in [1.165, 1.54) is 12.8 Å². The van der Waals surface area contributed by atoms with Crippen LogP contribution in [0.3, 0.4) is 0 Å². The Labute approximate surface area is 110 Å². The van der Waals surface area contributed by atoms with Gasteiger partial charge in [0.15, 0.2) is 0 Å². The van der Waals surface area contributed by atoms with E-state index < -0.39 is 0 Å². The summed E-state index contributed by atoms with van der Waals surface area (Å²) in [6.07, 6.45) is 3.84. The Balaban J connectivity index is 1.70. The molecule has 2 aliphatic rings. The molecule has 1 aliphatic carbocycles. The summed E-state index contributed by atoms with van der Waals surface area (Å²) in [4.78, 5) is 14.2. The maximum absolute atomic E-state index is 11.6. The highest BCUT2D eigenvalue weighted by atomic mass is 16.6. The number of rotatable bonds is 4. The summed E-state index contributed by atoms with van der Waals surface area (Å²) in [5.41, 5.74) is -0.387. The van der Waals surface area contributed by atoms with Gasteiger partial charge in [-0.25, -0.2) is 0 Å². The van der Waals surface area contributed by atoms with Gasteiger partial charge in [-0.3, -0.25) is 9.69 Å². The van der Waals surface area contributed by atoms with Crippen LogP contribution < -0.4 is 5.32 Å². The lowest BCUT2D eigenvalue weighted by Gasteiger charge is -2.21. The fraction of sp³-hybridized carbons (Fsp3) is 0.929. The van der Waals surface area contributed by atoms with Gasteiger partial charge in [0.25, 0.3) is 0 Å². The Morgan fingerprint density at radius 1 is 1.39 bits per heavy atom. The Kier molecular flexibility index (Phi) is 3.97. The third kappa shape index (κ3) is 3.95. The van der Waals surface area contributed by atoms with Crippen LogP contribution in [0.15, 0.2) is 0 Å². The summed E-state index contributed by atoms with van der Waals surface area (Å²) < 4.78 is 5.30. The summed E-state index contributed by atoms with van der Waals surface area (Å²) in [5, 5.41) is 3.33. The molecule has 0 aromatic heterocycles. The monoisotopic (exact) mass is 254 g/mol. The van der Waals surface area contributed by atoms with Crippen molar-refractivity contribution in [2.24, 2.45) is 0 Å². The van der Waals surface area contributed by atoms with E-state index in [9.17, 15) is 4.79 Å². The number of ether oxygens (including phenoxy) is 1. The fourth-order valence-electron chi connectivity index (χ4n) is 2.72. The van der Waals surface area contributed by atoms with Crippen LogP contribution in [-0.2, 0) is 9.53 Å². The molecule has 0 aromatic carbocycles. The minimum atomic E-state index is -0.387. The third-order valence-corrected chi connectivity index (χ3v) is 3.59. The van der Waals surface area contributed by atoms with E-state index in [0.29, 0.717) is 18.6 Å². The molecule has 1 heterocycles. The molecule has 2 fully saturated rings. The van der Waals surface area contributed by atoms with Crippen molar-refractivity contribution in [2.45, 2.75) is 70.7 Å². The van der Waals surface area contributed by atoms with E-state index in [2.05, 4.69) is 17.1 Å². The molecular formula is C14H26N2O2. The summed E-state index contributed by atoms with van der Waals surface area (Å²) in [6, 6.07) is 1.90. The van der Waals surface area contributed by atoms with Crippen molar-refractivity contribution in [3.05, 3.63) is 0 Å². The van der Waals surface area contributed by atoms with Crippen LogP contribution in [0.2, 0.25) is 0 Å². The van der Waals surface area contributed by atoms with Crippen LogP contribution >= 0.6 is 0 Å². The average Bonchev–Trinajstić information content (AvgIpc) is 2.98.